The third kappa shape index (κ3) is 2.39. The van der Waals surface area contributed by atoms with E-state index in [4.69, 9.17) is 4.74 Å². The molecule has 3 aliphatic rings. The van der Waals surface area contributed by atoms with Gasteiger partial charge in [-0.3, -0.25) is 19.7 Å². The number of nitro benzene ring substituents is 1. The third-order valence-corrected chi connectivity index (χ3v) is 5.94. The highest BCUT2D eigenvalue weighted by atomic mass is 16.6. The van der Waals surface area contributed by atoms with Gasteiger partial charge in [-0.25, -0.2) is 4.90 Å². The molecule has 0 unspecified atom stereocenters. The summed E-state index contributed by atoms with van der Waals surface area (Å²) in [6, 6.07) is 13.0. The predicted molar refractivity (Wildman–Crippen MR) is 102 cm³/mol. The Morgan fingerprint density at radius 2 is 1.66 bits per heavy atom. The summed E-state index contributed by atoms with van der Waals surface area (Å²) in [6.07, 6.45) is 2.93. The minimum Gasteiger partial charge on any atom is -0.393 e. The molecule has 29 heavy (non-hydrogen) atoms. The van der Waals surface area contributed by atoms with E-state index in [1.807, 2.05) is 0 Å². The van der Waals surface area contributed by atoms with E-state index in [2.05, 4.69) is 0 Å². The van der Waals surface area contributed by atoms with Gasteiger partial charge in [-0.2, -0.15) is 0 Å². The van der Waals surface area contributed by atoms with Crippen LogP contribution >= 0.6 is 0 Å². The molecule has 0 aliphatic carbocycles. The van der Waals surface area contributed by atoms with Crippen molar-refractivity contribution < 1.29 is 24.4 Å². The van der Waals surface area contributed by atoms with E-state index in [1.54, 1.807) is 48.6 Å². The first kappa shape index (κ1) is 17.7. The van der Waals surface area contributed by atoms with Crippen LogP contribution in [0.5, 0.6) is 0 Å². The van der Waals surface area contributed by atoms with E-state index < -0.39 is 28.5 Å². The molecule has 2 bridgehead atoms. The van der Waals surface area contributed by atoms with Crippen molar-refractivity contribution in [1.82, 2.24) is 0 Å². The lowest BCUT2D eigenvalue weighted by molar-refractivity contribution is -0.384. The fourth-order valence-corrected chi connectivity index (χ4v) is 4.52. The molecule has 2 fully saturated rings. The van der Waals surface area contributed by atoms with Crippen molar-refractivity contribution in [2.45, 2.75) is 11.7 Å². The van der Waals surface area contributed by atoms with Crippen molar-refractivity contribution in [3.8, 4) is 11.1 Å². The number of non-ortho nitro benzene ring substituents is 1. The zero-order valence-corrected chi connectivity index (χ0v) is 15.1. The van der Waals surface area contributed by atoms with Crippen LogP contribution in [-0.4, -0.2) is 40.2 Å². The topological polar surface area (TPSA) is 110 Å². The van der Waals surface area contributed by atoms with Crippen LogP contribution in [0.25, 0.3) is 11.1 Å². The molecule has 5 rings (SSSR count). The number of nitro groups is 1. The van der Waals surface area contributed by atoms with Gasteiger partial charge in [0.15, 0.2) is 0 Å². The first-order valence-corrected chi connectivity index (χ1v) is 9.16. The maximum Gasteiger partial charge on any atom is 0.269 e. The Labute approximate surface area is 165 Å². The van der Waals surface area contributed by atoms with Crippen molar-refractivity contribution in [3.05, 3.63) is 70.8 Å². The second-order valence-electron chi connectivity index (χ2n) is 7.42. The summed E-state index contributed by atoms with van der Waals surface area (Å²) >= 11 is 0. The normalized spacial score (nSPS) is 29.6. The van der Waals surface area contributed by atoms with Crippen LogP contribution in [0.2, 0.25) is 0 Å². The molecule has 2 amide bonds. The molecule has 4 atom stereocenters. The Hall–Kier alpha value is -3.36. The van der Waals surface area contributed by atoms with Gasteiger partial charge in [0.1, 0.15) is 5.60 Å². The van der Waals surface area contributed by atoms with Gasteiger partial charge >= 0.3 is 0 Å². The Morgan fingerprint density at radius 1 is 1.03 bits per heavy atom. The van der Waals surface area contributed by atoms with E-state index in [9.17, 15) is 24.8 Å². The number of anilines is 1. The van der Waals surface area contributed by atoms with Crippen molar-refractivity contribution in [2.75, 3.05) is 11.5 Å². The van der Waals surface area contributed by atoms with Gasteiger partial charge in [-0.05, 0) is 35.4 Å². The van der Waals surface area contributed by atoms with Crippen molar-refractivity contribution in [1.29, 1.82) is 0 Å². The summed E-state index contributed by atoms with van der Waals surface area (Å²) in [5.74, 6) is -2.03. The smallest absolute Gasteiger partial charge is 0.269 e. The molecule has 2 saturated heterocycles. The first-order valence-electron chi connectivity index (χ1n) is 9.16. The molecule has 3 aliphatic heterocycles. The number of aliphatic hydroxyl groups excluding tert-OH is 1. The molecule has 0 aromatic heterocycles. The lowest BCUT2D eigenvalue weighted by Crippen LogP contribution is -2.43. The van der Waals surface area contributed by atoms with Gasteiger partial charge in [0.05, 0.1) is 35.2 Å². The Kier molecular flexibility index (Phi) is 3.71. The molecule has 1 N–H and O–H groups in total. The molecule has 2 aromatic carbocycles. The number of rotatable bonds is 4. The van der Waals surface area contributed by atoms with E-state index >= 15 is 0 Å². The number of carbonyl (C=O) groups is 2. The average molecular weight is 392 g/mol. The minimum atomic E-state index is -1.12. The highest BCUT2D eigenvalue weighted by Crippen LogP contribution is 2.52. The number of imide groups is 1. The molecule has 2 aromatic rings. The number of nitrogens with zero attached hydrogens (tertiary/aromatic N) is 2. The maximum absolute atomic E-state index is 13.0. The fraction of sp³-hybridized carbons (Fsp3) is 0.238. The molecule has 146 valence electrons. The number of carbonyl (C=O) groups excluding carboxylic acids is 2. The SMILES string of the molecule is O=C1[C@@H]2[C@@H](C(=O)N1c1ccc(-c3ccc([N+](=O)[O-])cc3)cc1)[C@@]1(CO)C=C[C@H]2O1. The van der Waals surface area contributed by atoms with Gasteiger partial charge in [0.2, 0.25) is 11.8 Å². The zero-order valence-electron chi connectivity index (χ0n) is 15.1. The molecule has 0 radical (unpaired) electrons. The number of amides is 2. The van der Waals surface area contributed by atoms with Crippen LogP contribution in [0.3, 0.4) is 0 Å². The van der Waals surface area contributed by atoms with Crippen LogP contribution < -0.4 is 4.90 Å². The molecule has 8 heteroatoms. The average Bonchev–Trinajstić information content (AvgIpc) is 3.39. The van der Waals surface area contributed by atoms with E-state index in [0.29, 0.717) is 5.69 Å². The summed E-state index contributed by atoms with van der Waals surface area (Å²) in [5, 5.41) is 20.6. The number of hydrogen-bond donors (Lipinski definition) is 1. The summed E-state index contributed by atoms with van der Waals surface area (Å²) in [5.41, 5.74) is 0.934. The summed E-state index contributed by atoms with van der Waals surface area (Å²) in [7, 11) is 0. The van der Waals surface area contributed by atoms with E-state index in [0.717, 1.165) is 11.1 Å². The van der Waals surface area contributed by atoms with Gasteiger partial charge < -0.3 is 9.84 Å². The van der Waals surface area contributed by atoms with Crippen LogP contribution in [-0.2, 0) is 14.3 Å². The van der Waals surface area contributed by atoms with Crippen molar-refractivity contribution in [2.24, 2.45) is 11.8 Å². The Balaban J connectivity index is 1.43. The van der Waals surface area contributed by atoms with Crippen molar-refractivity contribution >= 4 is 23.2 Å². The first-order chi connectivity index (χ1) is 13.9. The number of benzene rings is 2. The van der Waals surface area contributed by atoms with E-state index in [-0.39, 0.29) is 24.1 Å². The number of ether oxygens (including phenoxy) is 1. The second-order valence-corrected chi connectivity index (χ2v) is 7.42. The number of fused-ring (bicyclic) bond motifs is 5. The van der Waals surface area contributed by atoms with Gasteiger partial charge in [0.25, 0.3) is 5.69 Å². The lowest BCUT2D eigenvalue weighted by atomic mass is 9.77. The van der Waals surface area contributed by atoms with Crippen LogP contribution in [0.15, 0.2) is 60.7 Å². The van der Waals surface area contributed by atoms with Gasteiger partial charge in [0, 0.05) is 12.1 Å². The quantitative estimate of drug-likeness (QED) is 0.369. The molecule has 3 heterocycles. The molecule has 0 saturated carbocycles. The molecular weight excluding hydrogens is 376 g/mol. The van der Waals surface area contributed by atoms with Crippen LogP contribution in [0.1, 0.15) is 0 Å². The second kappa shape index (κ2) is 6.07. The molecule has 0 spiro atoms. The summed E-state index contributed by atoms with van der Waals surface area (Å²) in [4.78, 5) is 37.5. The third-order valence-electron chi connectivity index (χ3n) is 5.94. The summed E-state index contributed by atoms with van der Waals surface area (Å²) < 4.78 is 5.73. The predicted octanol–water partition coefficient (Wildman–Crippen LogP) is 2.07. The highest BCUT2D eigenvalue weighted by molar-refractivity contribution is 6.23. The fourth-order valence-electron chi connectivity index (χ4n) is 4.52. The largest absolute Gasteiger partial charge is 0.393 e. The van der Waals surface area contributed by atoms with Crippen LogP contribution in [0.4, 0.5) is 11.4 Å². The number of aliphatic hydroxyl groups is 1. The van der Waals surface area contributed by atoms with Gasteiger partial charge in [-0.15, -0.1) is 0 Å². The van der Waals surface area contributed by atoms with Crippen LogP contribution in [0, 0.1) is 22.0 Å². The lowest BCUT2D eigenvalue weighted by Gasteiger charge is -2.26. The Bertz CT molecular complexity index is 1060. The summed E-state index contributed by atoms with van der Waals surface area (Å²) in [6.45, 7) is -0.354. The standard InChI is InChI=1S/C21H16N2O6/c24-11-21-10-9-16(29-21)17-18(21)20(26)22(19(17)25)14-5-1-12(2-6-14)13-3-7-15(8-4-13)23(27)28/h1-10,16-18,24H,11H2/t16-,17+,18+,21+/m1/s1. The monoisotopic (exact) mass is 392 g/mol. The maximum atomic E-state index is 13.0. The minimum absolute atomic E-state index is 0.00782. The molecular formula is C21H16N2O6. The van der Waals surface area contributed by atoms with E-state index in [1.165, 1.54) is 17.0 Å². The highest BCUT2D eigenvalue weighted by Gasteiger charge is 2.67. The molecule has 8 nitrogen and oxygen atoms in total. The van der Waals surface area contributed by atoms with Crippen molar-refractivity contribution in [3.63, 3.8) is 0 Å². The zero-order chi connectivity index (χ0) is 20.3. The Morgan fingerprint density at radius 3 is 2.24 bits per heavy atom. The van der Waals surface area contributed by atoms with Gasteiger partial charge in [-0.1, -0.05) is 24.3 Å². The number of hydrogen-bond acceptors (Lipinski definition) is 6.